The molecular formula is C16H32N4O. The Bertz CT molecular complexity index is 309. The molecule has 2 fully saturated rings. The summed E-state index contributed by atoms with van der Waals surface area (Å²) in [5.41, 5.74) is 0. The van der Waals surface area contributed by atoms with Gasteiger partial charge in [0.2, 0.25) is 0 Å². The number of nitrogens with zero attached hydrogens (tertiary/aromatic N) is 2. The topological polar surface area (TPSA) is 48.9 Å². The summed E-state index contributed by atoms with van der Waals surface area (Å²) < 4.78 is 5.15. The molecule has 2 rings (SSSR count). The van der Waals surface area contributed by atoms with Gasteiger partial charge in [-0.1, -0.05) is 0 Å². The Hall–Kier alpha value is -0.810. The van der Waals surface area contributed by atoms with Crippen molar-refractivity contribution in [3.63, 3.8) is 0 Å². The second-order valence-electron chi connectivity index (χ2n) is 6.32. The zero-order valence-corrected chi connectivity index (χ0v) is 13.7. The number of guanidine groups is 1. The van der Waals surface area contributed by atoms with Gasteiger partial charge in [-0.25, -0.2) is 0 Å². The first-order valence-corrected chi connectivity index (χ1v) is 8.55. The summed E-state index contributed by atoms with van der Waals surface area (Å²) in [5.74, 6) is 2.63. The van der Waals surface area contributed by atoms with Gasteiger partial charge in [0, 0.05) is 33.3 Å². The Morgan fingerprint density at radius 2 is 1.90 bits per heavy atom. The van der Waals surface area contributed by atoms with Gasteiger partial charge in [-0.3, -0.25) is 4.99 Å². The molecule has 5 nitrogen and oxygen atoms in total. The van der Waals surface area contributed by atoms with Crippen LogP contribution in [0.4, 0.5) is 0 Å². The van der Waals surface area contributed by atoms with Crippen LogP contribution in [0.5, 0.6) is 0 Å². The molecule has 0 bridgehead atoms. The minimum Gasteiger partial charge on any atom is -0.383 e. The van der Waals surface area contributed by atoms with Crippen LogP contribution in [0, 0.1) is 11.8 Å². The maximum Gasteiger partial charge on any atom is 0.191 e. The van der Waals surface area contributed by atoms with Crippen molar-refractivity contribution in [2.45, 2.75) is 32.6 Å². The lowest BCUT2D eigenvalue weighted by molar-refractivity contribution is 0.121. The van der Waals surface area contributed by atoms with Gasteiger partial charge >= 0.3 is 0 Å². The summed E-state index contributed by atoms with van der Waals surface area (Å²) >= 11 is 0. The summed E-state index contributed by atoms with van der Waals surface area (Å²) in [7, 11) is 1.78. The summed E-state index contributed by atoms with van der Waals surface area (Å²) in [6, 6.07) is 0. The molecule has 2 aliphatic rings. The highest BCUT2D eigenvalue weighted by Gasteiger charge is 2.21. The van der Waals surface area contributed by atoms with Crippen molar-refractivity contribution in [3.05, 3.63) is 0 Å². The molecule has 0 atom stereocenters. The fraction of sp³-hybridized carbons (Fsp3) is 0.938. The Morgan fingerprint density at radius 1 is 1.14 bits per heavy atom. The van der Waals surface area contributed by atoms with Crippen LogP contribution in [-0.4, -0.2) is 63.8 Å². The number of likely N-dealkylation sites (tertiary alicyclic amines) is 1. The number of hydrogen-bond donors (Lipinski definition) is 2. The number of ether oxygens (including phenoxy) is 1. The Kier molecular flexibility index (Phi) is 7.30. The van der Waals surface area contributed by atoms with Crippen molar-refractivity contribution in [2.24, 2.45) is 16.8 Å². The van der Waals surface area contributed by atoms with Crippen molar-refractivity contribution >= 4 is 5.96 Å². The molecule has 0 aromatic carbocycles. The van der Waals surface area contributed by atoms with E-state index in [9.17, 15) is 0 Å². The van der Waals surface area contributed by atoms with Crippen molar-refractivity contribution in [3.8, 4) is 0 Å². The maximum atomic E-state index is 5.15. The third kappa shape index (κ3) is 6.66. The Labute approximate surface area is 129 Å². The number of piperidine rings is 1. The third-order valence-electron chi connectivity index (χ3n) is 4.43. The van der Waals surface area contributed by atoms with Gasteiger partial charge in [0.15, 0.2) is 5.96 Å². The van der Waals surface area contributed by atoms with Gasteiger partial charge in [0.25, 0.3) is 0 Å². The zero-order valence-electron chi connectivity index (χ0n) is 13.7. The van der Waals surface area contributed by atoms with E-state index in [1.807, 2.05) is 0 Å². The van der Waals surface area contributed by atoms with Gasteiger partial charge in [0.05, 0.1) is 6.61 Å². The average Bonchev–Trinajstić information content (AvgIpc) is 3.33. The van der Waals surface area contributed by atoms with Crippen LogP contribution in [0.15, 0.2) is 4.99 Å². The Morgan fingerprint density at radius 3 is 2.52 bits per heavy atom. The molecule has 2 N–H and O–H groups in total. The molecular weight excluding hydrogens is 264 g/mol. The molecule has 122 valence electrons. The van der Waals surface area contributed by atoms with Crippen LogP contribution < -0.4 is 10.6 Å². The van der Waals surface area contributed by atoms with Crippen molar-refractivity contribution in [2.75, 3.05) is 53.0 Å². The van der Waals surface area contributed by atoms with E-state index in [0.29, 0.717) is 0 Å². The van der Waals surface area contributed by atoms with Crippen LogP contribution in [0.1, 0.15) is 32.6 Å². The third-order valence-corrected chi connectivity index (χ3v) is 4.43. The van der Waals surface area contributed by atoms with Crippen LogP contribution in [0.2, 0.25) is 0 Å². The molecule has 1 aliphatic carbocycles. The number of hydrogen-bond acceptors (Lipinski definition) is 3. The SMILES string of the molecule is CCNC(=NCC1CC1)NCC1CCN(CCOC)CC1. The molecule has 0 amide bonds. The molecule has 1 aliphatic heterocycles. The Balaban J connectivity index is 1.63. The molecule has 0 aromatic heterocycles. The van der Waals surface area contributed by atoms with Crippen LogP contribution >= 0.6 is 0 Å². The number of nitrogens with one attached hydrogen (secondary N) is 2. The lowest BCUT2D eigenvalue weighted by atomic mass is 9.97. The molecule has 0 aromatic rings. The predicted octanol–water partition coefficient (Wildman–Crippen LogP) is 1.31. The van der Waals surface area contributed by atoms with E-state index in [1.165, 1.54) is 38.8 Å². The van der Waals surface area contributed by atoms with E-state index >= 15 is 0 Å². The summed E-state index contributed by atoms with van der Waals surface area (Å²) in [4.78, 5) is 7.19. The molecule has 1 saturated carbocycles. The van der Waals surface area contributed by atoms with E-state index in [0.717, 1.165) is 50.6 Å². The highest BCUT2D eigenvalue weighted by molar-refractivity contribution is 5.79. The summed E-state index contributed by atoms with van der Waals surface area (Å²) in [6.45, 7) is 9.42. The molecule has 0 radical (unpaired) electrons. The van der Waals surface area contributed by atoms with Crippen molar-refractivity contribution in [1.82, 2.24) is 15.5 Å². The van der Waals surface area contributed by atoms with Crippen LogP contribution in [0.25, 0.3) is 0 Å². The standard InChI is InChI=1S/C16H32N4O/c1-3-17-16(18-12-14-4-5-14)19-13-15-6-8-20(9-7-15)10-11-21-2/h14-15H,3-13H2,1-2H3,(H2,17,18,19). The predicted molar refractivity (Wildman–Crippen MR) is 87.7 cm³/mol. The van der Waals surface area contributed by atoms with E-state index in [-0.39, 0.29) is 0 Å². The lowest BCUT2D eigenvalue weighted by Crippen LogP contribution is -2.43. The summed E-state index contributed by atoms with van der Waals surface area (Å²) in [6.07, 6.45) is 5.28. The molecule has 0 spiro atoms. The minimum absolute atomic E-state index is 0.772. The molecule has 1 saturated heterocycles. The van der Waals surface area contributed by atoms with E-state index in [2.05, 4.69) is 27.4 Å². The highest BCUT2D eigenvalue weighted by atomic mass is 16.5. The second kappa shape index (κ2) is 9.26. The number of aliphatic imine (C=N–C) groups is 1. The number of rotatable bonds is 8. The smallest absolute Gasteiger partial charge is 0.191 e. The molecule has 21 heavy (non-hydrogen) atoms. The first-order chi connectivity index (χ1) is 10.3. The van der Waals surface area contributed by atoms with Crippen molar-refractivity contribution in [1.29, 1.82) is 0 Å². The monoisotopic (exact) mass is 296 g/mol. The van der Waals surface area contributed by atoms with Crippen molar-refractivity contribution < 1.29 is 4.74 Å². The maximum absolute atomic E-state index is 5.15. The van der Waals surface area contributed by atoms with Gasteiger partial charge in [-0.05, 0) is 57.5 Å². The summed E-state index contributed by atoms with van der Waals surface area (Å²) in [5, 5.41) is 6.88. The van der Waals surface area contributed by atoms with Crippen LogP contribution in [0.3, 0.4) is 0 Å². The first kappa shape index (κ1) is 16.6. The lowest BCUT2D eigenvalue weighted by Gasteiger charge is -2.32. The van der Waals surface area contributed by atoms with Gasteiger partial charge in [-0.15, -0.1) is 0 Å². The quantitative estimate of drug-likeness (QED) is 0.524. The minimum atomic E-state index is 0.772. The fourth-order valence-corrected chi connectivity index (χ4v) is 2.74. The second-order valence-corrected chi connectivity index (χ2v) is 6.32. The van der Waals surface area contributed by atoms with Crippen LogP contribution in [-0.2, 0) is 4.74 Å². The van der Waals surface area contributed by atoms with Gasteiger partial charge < -0.3 is 20.3 Å². The molecule has 5 heteroatoms. The zero-order chi connectivity index (χ0) is 14.9. The van der Waals surface area contributed by atoms with Gasteiger partial charge in [-0.2, -0.15) is 0 Å². The largest absolute Gasteiger partial charge is 0.383 e. The molecule has 1 heterocycles. The van der Waals surface area contributed by atoms with E-state index in [1.54, 1.807) is 7.11 Å². The van der Waals surface area contributed by atoms with E-state index in [4.69, 9.17) is 4.74 Å². The first-order valence-electron chi connectivity index (χ1n) is 8.55. The fourth-order valence-electron chi connectivity index (χ4n) is 2.74. The average molecular weight is 296 g/mol. The highest BCUT2D eigenvalue weighted by Crippen LogP contribution is 2.28. The van der Waals surface area contributed by atoms with E-state index < -0.39 is 0 Å². The normalized spacial score (nSPS) is 21.5. The van der Waals surface area contributed by atoms with Gasteiger partial charge in [0.1, 0.15) is 0 Å². The number of methoxy groups -OCH3 is 1. The molecule has 0 unspecified atom stereocenters.